The summed E-state index contributed by atoms with van der Waals surface area (Å²) in [5.74, 6) is 0.459. The van der Waals surface area contributed by atoms with Crippen LogP contribution in [0.4, 0.5) is 16.2 Å². The topological polar surface area (TPSA) is 80.5 Å². The van der Waals surface area contributed by atoms with Crippen molar-refractivity contribution in [3.05, 3.63) is 18.5 Å². The molecular weight excluding hydrogens is 280 g/mol. The number of hydrogen-bond donors (Lipinski definition) is 2. The number of carbonyl (C=O) groups is 1. The zero-order valence-corrected chi connectivity index (χ0v) is 13.8. The number of anilines is 2. The minimum absolute atomic E-state index is 0.0474. The number of nitrogens with one attached hydrogen (secondary N) is 1. The van der Waals surface area contributed by atoms with Gasteiger partial charge in [0, 0.05) is 25.3 Å². The maximum absolute atomic E-state index is 12.0. The molecule has 1 aromatic rings. The Morgan fingerprint density at radius 1 is 1.45 bits per heavy atom. The molecule has 0 aromatic carbocycles. The minimum atomic E-state index is -0.487. The predicted octanol–water partition coefficient (Wildman–Crippen LogP) is 2.40. The fraction of sp³-hybridized carbons (Fsp3) is 0.625. The molecular formula is C16H26N4O2. The predicted molar refractivity (Wildman–Crippen MR) is 87.8 cm³/mol. The molecule has 1 aliphatic rings. The number of alkyl carbamates (subject to hydrolysis) is 1. The highest BCUT2D eigenvalue weighted by atomic mass is 16.6. The average molecular weight is 306 g/mol. The number of nitrogens with zero attached hydrogens (tertiary/aromatic N) is 2. The van der Waals surface area contributed by atoms with Gasteiger partial charge in [0.2, 0.25) is 0 Å². The molecule has 3 N–H and O–H groups in total. The Morgan fingerprint density at radius 3 is 2.82 bits per heavy atom. The third-order valence-electron chi connectivity index (χ3n) is 3.55. The van der Waals surface area contributed by atoms with Crippen LogP contribution in [0.2, 0.25) is 0 Å². The Morgan fingerprint density at radius 2 is 2.18 bits per heavy atom. The Labute approximate surface area is 132 Å². The first kappa shape index (κ1) is 16.4. The van der Waals surface area contributed by atoms with E-state index in [2.05, 4.69) is 22.1 Å². The van der Waals surface area contributed by atoms with Crippen molar-refractivity contribution in [2.45, 2.75) is 45.8 Å². The molecule has 2 atom stereocenters. The van der Waals surface area contributed by atoms with E-state index < -0.39 is 5.60 Å². The van der Waals surface area contributed by atoms with Crippen LogP contribution in [0, 0.1) is 5.92 Å². The number of amides is 1. The summed E-state index contributed by atoms with van der Waals surface area (Å²) < 4.78 is 5.34. The van der Waals surface area contributed by atoms with E-state index >= 15 is 0 Å². The SMILES string of the molecule is C[C@H]1C[C@H](NC(=O)OC(C)(C)C)CN(c2ccncc2N)C1. The molecule has 0 saturated carbocycles. The third kappa shape index (κ3) is 4.51. The number of ether oxygens (including phenoxy) is 1. The number of rotatable bonds is 2. The quantitative estimate of drug-likeness (QED) is 0.877. The van der Waals surface area contributed by atoms with Gasteiger partial charge in [-0.1, -0.05) is 6.92 Å². The van der Waals surface area contributed by atoms with Gasteiger partial charge in [-0.25, -0.2) is 4.79 Å². The van der Waals surface area contributed by atoms with Crippen molar-refractivity contribution in [1.82, 2.24) is 10.3 Å². The van der Waals surface area contributed by atoms with Gasteiger partial charge in [0.15, 0.2) is 0 Å². The Bertz CT molecular complexity index is 527. The lowest BCUT2D eigenvalue weighted by Crippen LogP contribution is -2.51. The first-order valence-corrected chi connectivity index (χ1v) is 7.68. The Hall–Kier alpha value is -1.98. The van der Waals surface area contributed by atoms with Crippen molar-refractivity contribution in [1.29, 1.82) is 0 Å². The first-order valence-electron chi connectivity index (χ1n) is 7.68. The van der Waals surface area contributed by atoms with Crippen LogP contribution in [-0.4, -0.2) is 35.8 Å². The van der Waals surface area contributed by atoms with E-state index in [4.69, 9.17) is 10.5 Å². The summed E-state index contributed by atoms with van der Waals surface area (Å²) in [5, 5.41) is 2.97. The van der Waals surface area contributed by atoms with Gasteiger partial charge < -0.3 is 20.7 Å². The number of nitrogen functional groups attached to an aromatic ring is 1. The molecule has 0 bridgehead atoms. The van der Waals surface area contributed by atoms with Gasteiger partial charge >= 0.3 is 6.09 Å². The summed E-state index contributed by atoms with van der Waals surface area (Å²) in [6.07, 6.45) is 3.96. The summed E-state index contributed by atoms with van der Waals surface area (Å²) in [5.41, 5.74) is 7.15. The van der Waals surface area contributed by atoms with Gasteiger partial charge in [-0.15, -0.1) is 0 Å². The minimum Gasteiger partial charge on any atom is -0.444 e. The highest BCUT2D eigenvalue weighted by molar-refractivity contribution is 5.69. The fourth-order valence-electron chi connectivity index (χ4n) is 2.81. The molecule has 22 heavy (non-hydrogen) atoms. The molecule has 1 amide bonds. The fourth-order valence-corrected chi connectivity index (χ4v) is 2.81. The van der Waals surface area contributed by atoms with Gasteiger partial charge in [0.25, 0.3) is 0 Å². The van der Waals surface area contributed by atoms with E-state index in [1.807, 2.05) is 26.8 Å². The lowest BCUT2D eigenvalue weighted by molar-refractivity contribution is 0.0495. The van der Waals surface area contributed by atoms with Crippen molar-refractivity contribution in [2.24, 2.45) is 5.92 Å². The molecule has 1 aliphatic heterocycles. The summed E-state index contributed by atoms with van der Waals surface area (Å²) in [6.45, 7) is 9.39. The van der Waals surface area contributed by atoms with Crippen LogP contribution in [0.15, 0.2) is 18.5 Å². The zero-order valence-electron chi connectivity index (χ0n) is 13.8. The number of pyridine rings is 1. The van der Waals surface area contributed by atoms with Crippen LogP contribution in [0.1, 0.15) is 34.1 Å². The van der Waals surface area contributed by atoms with E-state index in [0.717, 1.165) is 25.2 Å². The van der Waals surface area contributed by atoms with Crippen LogP contribution in [0.25, 0.3) is 0 Å². The van der Waals surface area contributed by atoms with Gasteiger partial charge in [0.1, 0.15) is 5.60 Å². The summed E-state index contributed by atoms with van der Waals surface area (Å²) in [6, 6.07) is 1.96. The lowest BCUT2D eigenvalue weighted by Gasteiger charge is -2.38. The third-order valence-corrected chi connectivity index (χ3v) is 3.55. The standard InChI is InChI=1S/C16H26N4O2/c1-11-7-12(19-15(21)22-16(2,3)4)10-20(9-11)14-5-6-18-8-13(14)17/h5-6,8,11-12H,7,9-10,17H2,1-4H3,(H,19,21)/t11-,12-/m0/s1. The van der Waals surface area contributed by atoms with Crippen LogP contribution in [-0.2, 0) is 4.74 Å². The molecule has 1 aromatic heterocycles. The van der Waals surface area contributed by atoms with E-state index in [-0.39, 0.29) is 12.1 Å². The second-order valence-electron chi connectivity index (χ2n) is 7.02. The molecule has 122 valence electrons. The average Bonchev–Trinajstić information content (AvgIpc) is 2.35. The van der Waals surface area contributed by atoms with Gasteiger partial charge in [-0.05, 0) is 39.2 Å². The molecule has 6 heteroatoms. The monoisotopic (exact) mass is 306 g/mol. The number of aromatic nitrogens is 1. The molecule has 0 unspecified atom stereocenters. The van der Waals surface area contributed by atoms with Crippen LogP contribution < -0.4 is 16.0 Å². The maximum Gasteiger partial charge on any atom is 0.407 e. The van der Waals surface area contributed by atoms with Crippen molar-refractivity contribution < 1.29 is 9.53 Å². The van der Waals surface area contributed by atoms with E-state index in [0.29, 0.717) is 11.6 Å². The molecule has 1 saturated heterocycles. The van der Waals surface area contributed by atoms with Crippen molar-refractivity contribution in [3.63, 3.8) is 0 Å². The van der Waals surface area contributed by atoms with Gasteiger partial charge in [0.05, 0.1) is 17.6 Å². The van der Waals surface area contributed by atoms with E-state index in [1.165, 1.54) is 0 Å². The molecule has 6 nitrogen and oxygen atoms in total. The largest absolute Gasteiger partial charge is 0.444 e. The lowest BCUT2D eigenvalue weighted by atomic mass is 9.95. The molecule has 2 heterocycles. The Balaban J connectivity index is 2.02. The Kier molecular flexibility index (Phi) is 4.78. The molecule has 0 spiro atoms. The second-order valence-corrected chi connectivity index (χ2v) is 7.02. The zero-order chi connectivity index (χ0) is 16.3. The van der Waals surface area contributed by atoms with Crippen molar-refractivity contribution in [3.8, 4) is 0 Å². The van der Waals surface area contributed by atoms with Crippen LogP contribution >= 0.6 is 0 Å². The number of nitrogens with two attached hydrogens (primary N) is 1. The molecule has 0 aliphatic carbocycles. The smallest absolute Gasteiger partial charge is 0.407 e. The molecule has 1 fully saturated rings. The summed E-state index contributed by atoms with van der Waals surface area (Å²) in [7, 11) is 0. The molecule has 2 rings (SSSR count). The molecule has 0 radical (unpaired) electrons. The highest BCUT2D eigenvalue weighted by Gasteiger charge is 2.28. The van der Waals surface area contributed by atoms with Crippen LogP contribution in [0.5, 0.6) is 0 Å². The number of hydrogen-bond acceptors (Lipinski definition) is 5. The number of piperidine rings is 1. The summed E-state index contributed by atoms with van der Waals surface area (Å²) >= 11 is 0. The summed E-state index contributed by atoms with van der Waals surface area (Å²) in [4.78, 5) is 18.2. The van der Waals surface area contributed by atoms with Gasteiger partial charge in [-0.3, -0.25) is 4.98 Å². The van der Waals surface area contributed by atoms with Gasteiger partial charge in [-0.2, -0.15) is 0 Å². The number of carbonyl (C=O) groups excluding carboxylic acids is 1. The van der Waals surface area contributed by atoms with E-state index in [9.17, 15) is 4.79 Å². The second kappa shape index (κ2) is 6.42. The van der Waals surface area contributed by atoms with E-state index in [1.54, 1.807) is 12.4 Å². The van der Waals surface area contributed by atoms with Crippen molar-refractivity contribution >= 4 is 17.5 Å². The van der Waals surface area contributed by atoms with Crippen LogP contribution in [0.3, 0.4) is 0 Å². The first-order chi connectivity index (χ1) is 10.2. The normalized spacial score (nSPS) is 22.3. The maximum atomic E-state index is 12.0. The highest BCUT2D eigenvalue weighted by Crippen LogP contribution is 2.27. The van der Waals surface area contributed by atoms with Crippen molar-refractivity contribution in [2.75, 3.05) is 23.7 Å².